The van der Waals surface area contributed by atoms with Gasteiger partial charge in [0.25, 0.3) is 0 Å². The molecule has 0 spiro atoms. The first-order chi connectivity index (χ1) is 13.3. The Hall–Kier alpha value is -2.12. The molecule has 1 fully saturated rings. The summed E-state index contributed by atoms with van der Waals surface area (Å²) in [5.74, 6) is 0.290. The maximum atomic E-state index is 16.2. The van der Waals surface area contributed by atoms with Crippen molar-refractivity contribution in [3.05, 3.63) is 48.3 Å². The summed E-state index contributed by atoms with van der Waals surface area (Å²) in [5, 5.41) is 0.410. The van der Waals surface area contributed by atoms with Crippen molar-refractivity contribution in [2.45, 2.75) is 30.7 Å². The molecular formula is C21H25FN4OS. The molecule has 28 heavy (non-hydrogen) atoms. The Bertz CT molecular complexity index is 921. The van der Waals surface area contributed by atoms with Crippen LogP contribution in [0.1, 0.15) is 18.9 Å². The number of halogens is 1. The number of hydrogen-bond acceptors (Lipinski definition) is 6. The highest BCUT2D eigenvalue weighted by Crippen LogP contribution is 2.51. The number of fused-ring (bicyclic) bond motifs is 1. The van der Waals surface area contributed by atoms with Gasteiger partial charge in [0, 0.05) is 38.0 Å². The van der Waals surface area contributed by atoms with E-state index in [-0.39, 0.29) is 18.5 Å². The van der Waals surface area contributed by atoms with Gasteiger partial charge < -0.3 is 15.4 Å². The zero-order valence-electron chi connectivity index (χ0n) is 16.4. The lowest BCUT2D eigenvalue weighted by molar-refractivity contribution is -0.106. The monoisotopic (exact) mass is 400 g/mol. The van der Waals surface area contributed by atoms with Gasteiger partial charge >= 0.3 is 0 Å². The van der Waals surface area contributed by atoms with Crippen LogP contribution in [0, 0.1) is 0 Å². The molecule has 3 atom stereocenters. The molecule has 148 valence electrons. The third-order valence-electron chi connectivity index (χ3n) is 5.59. The SMILES string of the molecule is C[C@H]1C[C@@]2(F)CSC(N)=N[C@@]2(c2cccc(-c3cncc(N(C)C)c3)c2)CO1. The number of alkyl halides is 1. The number of amidine groups is 1. The van der Waals surface area contributed by atoms with E-state index < -0.39 is 11.2 Å². The van der Waals surface area contributed by atoms with Crippen LogP contribution in [0.5, 0.6) is 0 Å². The average molecular weight is 401 g/mol. The van der Waals surface area contributed by atoms with Gasteiger partial charge in [0.2, 0.25) is 0 Å². The fourth-order valence-corrected chi connectivity index (χ4v) is 4.94. The molecule has 1 aromatic carbocycles. The van der Waals surface area contributed by atoms with Crippen molar-refractivity contribution in [1.82, 2.24) is 4.98 Å². The molecule has 2 N–H and O–H groups in total. The van der Waals surface area contributed by atoms with Crippen molar-refractivity contribution in [3.63, 3.8) is 0 Å². The lowest BCUT2D eigenvalue weighted by atomic mass is 9.72. The van der Waals surface area contributed by atoms with Gasteiger partial charge in [-0.05, 0) is 30.2 Å². The molecule has 0 bridgehead atoms. The second-order valence-corrected chi connectivity index (χ2v) is 8.79. The molecule has 7 heteroatoms. The first kappa shape index (κ1) is 19.2. The first-order valence-electron chi connectivity index (χ1n) is 9.35. The van der Waals surface area contributed by atoms with Crippen LogP contribution in [-0.4, -0.2) is 48.4 Å². The third-order valence-corrected chi connectivity index (χ3v) is 6.58. The van der Waals surface area contributed by atoms with E-state index >= 15 is 4.39 Å². The van der Waals surface area contributed by atoms with E-state index in [0.29, 0.717) is 11.6 Å². The van der Waals surface area contributed by atoms with Gasteiger partial charge in [0.1, 0.15) is 5.54 Å². The summed E-state index contributed by atoms with van der Waals surface area (Å²) in [6, 6.07) is 9.94. The minimum atomic E-state index is -1.50. The average Bonchev–Trinajstić information content (AvgIpc) is 2.69. The van der Waals surface area contributed by atoms with E-state index in [0.717, 1.165) is 22.4 Å². The predicted octanol–water partition coefficient (Wildman–Crippen LogP) is 3.59. The molecule has 0 radical (unpaired) electrons. The van der Waals surface area contributed by atoms with Crippen LogP contribution < -0.4 is 10.6 Å². The van der Waals surface area contributed by atoms with Crippen molar-refractivity contribution in [1.29, 1.82) is 0 Å². The maximum Gasteiger partial charge on any atom is 0.155 e. The zero-order valence-corrected chi connectivity index (χ0v) is 17.2. The van der Waals surface area contributed by atoms with Crippen LogP contribution in [0.2, 0.25) is 0 Å². The number of hydrogen-bond donors (Lipinski definition) is 1. The molecule has 0 amide bonds. The van der Waals surface area contributed by atoms with Crippen LogP contribution >= 0.6 is 11.8 Å². The molecule has 0 aliphatic carbocycles. The van der Waals surface area contributed by atoms with E-state index in [1.165, 1.54) is 11.8 Å². The van der Waals surface area contributed by atoms with Crippen molar-refractivity contribution in [3.8, 4) is 11.1 Å². The predicted molar refractivity (Wildman–Crippen MR) is 114 cm³/mol. The molecule has 0 saturated carbocycles. The number of ether oxygens (including phenoxy) is 1. The molecule has 2 aliphatic rings. The number of aromatic nitrogens is 1. The van der Waals surface area contributed by atoms with Gasteiger partial charge in [-0.15, -0.1) is 0 Å². The molecule has 5 nitrogen and oxygen atoms in total. The van der Waals surface area contributed by atoms with E-state index in [2.05, 4.69) is 16.0 Å². The molecule has 1 saturated heterocycles. The van der Waals surface area contributed by atoms with Crippen LogP contribution in [-0.2, 0) is 10.3 Å². The van der Waals surface area contributed by atoms with Crippen molar-refractivity contribution in [2.24, 2.45) is 10.7 Å². The van der Waals surface area contributed by atoms with Crippen LogP contribution in [0.4, 0.5) is 10.1 Å². The van der Waals surface area contributed by atoms with Crippen molar-refractivity contribution < 1.29 is 9.13 Å². The van der Waals surface area contributed by atoms with Gasteiger partial charge in [-0.2, -0.15) is 0 Å². The normalized spacial score (nSPS) is 29.7. The largest absolute Gasteiger partial charge is 0.379 e. The lowest BCUT2D eigenvalue weighted by Crippen LogP contribution is -2.60. The van der Waals surface area contributed by atoms with Crippen LogP contribution in [0.15, 0.2) is 47.7 Å². The Balaban J connectivity index is 1.82. The molecule has 1 aromatic heterocycles. The van der Waals surface area contributed by atoms with Crippen LogP contribution in [0.3, 0.4) is 0 Å². The van der Waals surface area contributed by atoms with Crippen LogP contribution in [0.25, 0.3) is 11.1 Å². The number of nitrogens with zero attached hydrogens (tertiary/aromatic N) is 3. The number of benzene rings is 1. The zero-order chi connectivity index (χ0) is 19.9. The number of aliphatic imine (C=N–C) groups is 1. The molecule has 2 aromatic rings. The molecule has 2 aliphatic heterocycles. The summed E-state index contributed by atoms with van der Waals surface area (Å²) in [6.07, 6.45) is 3.80. The number of pyridine rings is 1. The van der Waals surface area contributed by atoms with Gasteiger partial charge in [-0.3, -0.25) is 4.98 Å². The number of rotatable bonds is 3. The summed E-state index contributed by atoms with van der Waals surface area (Å²) >= 11 is 1.29. The van der Waals surface area contributed by atoms with Gasteiger partial charge in [0.05, 0.1) is 24.6 Å². The highest BCUT2D eigenvalue weighted by Gasteiger charge is 2.59. The third kappa shape index (κ3) is 3.16. The fraction of sp³-hybridized carbons (Fsp3) is 0.429. The Morgan fingerprint density at radius 2 is 2.07 bits per heavy atom. The Morgan fingerprint density at radius 1 is 1.25 bits per heavy atom. The Morgan fingerprint density at radius 3 is 2.86 bits per heavy atom. The minimum absolute atomic E-state index is 0.141. The molecule has 4 rings (SSSR count). The second-order valence-electron chi connectivity index (χ2n) is 7.80. The van der Waals surface area contributed by atoms with E-state index in [9.17, 15) is 0 Å². The first-order valence-corrected chi connectivity index (χ1v) is 10.3. The standard InChI is InChI=1S/C21H25FN4OS/c1-14-9-20(22)13-28-19(23)25-21(20,12-27-14)17-6-4-5-15(7-17)16-8-18(26(2)3)11-24-10-16/h4-8,10-11,14H,9,12-13H2,1-3H3,(H2,23,25)/t14-,20+,21+/m0/s1. The second kappa shape index (κ2) is 7.04. The van der Waals surface area contributed by atoms with Crippen molar-refractivity contribution in [2.75, 3.05) is 31.4 Å². The summed E-state index contributed by atoms with van der Waals surface area (Å²) in [4.78, 5) is 11.0. The minimum Gasteiger partial charge on any atom is -0.379 e. The number of thioether (sulfide) groups is 1. The van der Waals surface area contributed by atoms with E-state index in [4.69, 9.17) is 10.5 Å². The van der Waals surface area contributed by atoms with Gasteiger partial charge in [-0.1, -0.05) is 30.0 Å². The molecule has 3 heterocycles. The van der Waals surface area contributed by atoms with E-state index in [1.807, 2.05) is 62.6 Å². The Labute approximate surface area is 169 Å². The quantitative estimate of drug-likeness (QED) is 0.853. The van der Waals surface area contributed by atoms with Gasteiger partial charge in [-0.25, -0.2) is 9.38 Å². The lowest BCUT2D eigenvalue weighted by Gasteiger charge is -2.49. The van der Waals surface area contributed by atoms with Crippen molar-refractivity contribution >= 4 is 22.6 Å². The van der Waals surface area contributed by atoms with E-state index in [1.54, 1.807) is 0 Å². The number of nitrogens with two attached hydrogens (primary N) is 1. The topological polar surface area (TPSA) is 63.7 Å². The van der Waals surface area contributed by atoms with Gasteiger partial charge in [0.15, 0.2) is 10.8 Å². The molecular weight excluding hydrogens is 375 g/mol. The fourth-order valence-electron chi connectivity index (χ4n) is 3.99. The smallest absolute Gasteiger partial charge is 0.155 e. The Kier molecular flexibility index (Phi) is 4.83. The molecule has 0 unspecified atom stereocenters. The number of anilines is 1. The highest BCUT2D eigenvalue weighted by molar-refractivity contribution is 8.13. The summed E-state index contributed by atoms with van der Waals surface area (Å²) < 4.78 is 22.1. The summed E-state index contributed by atoms with van der Waals surface area (Å²) in [5.41, 5.74) is 7.16. The highest BCUT2D eigenvalue weighted by atomic mass is 32.2. The maximum absolute atomic E-state index is 16.2. The summed E-state index contributed by atoms with van der Waals surface area (Å²) in [6.45, 7) is 2.10. The summed E-state index contributed by atoms with van der Waals surface area (Å²) in [7, 11) is 3.96.